The molecule has 108 valence electrons. The number of nitrogens with zero attached hydrogens (tertiary/aromatic N) is 1. The van der Waals surface area contributed by atoms with Crippen LogP contribution in [0.4, 0.5) is 15.8 Å². The highest BCUT2D eigenvalue weighted by molar-refractivity contribution is 5.82. The van der Waals surface area contributed by atoms with Crippen molar-refractivity contribution >= 4 is 17.3 Å². The van der Waals surface area contributed by atoms with Gasteiger partial charge in [-0.2, -0.15) is 4.39 Å². The van der Waals surface area contributed by atoms with Crippen molar-refractivity contribution in [3.8, 4) is 5.75 Å². The van der Waals surface area contributed by atoms with Crippen LogP contribution >= 0.6 is 0 Å². The van der Waals surface area contributed by atoms with Crippen LogP contribution in [0.3, 0.4) is 0 Å². The van der Waals surface area contributed by atoms with E-state index in [1.54, 1.807) is 0 Å². The van der Waals surface area contributed by atoms with Gasteiger partial charge < -0.3 is 15.4 Å². The molecule has 0 aromatic heterocycles. The van der Waals surface area contributed by atoms with Crippen LogP contribution in [0.25, 0.3) is 0 Å². The van der Waals surface area contributed by atoms with Crippen LogP contribution < -0.4 is 15.4 Å². The third-order valence-corrected chi connectivity index (χ3v) is 2.84. The van der Waals surface area contributed by atoms with Gasteiger partial charge in [0.1, 0.15) is 11.4 Å². The standard InChI is InChI=1S/C12H14FN3O4/c1-20-8-4-9(13)12(16(18)19)10(5-8)14-6-11(17)15-7-2-3-7/h4-5,7,14H,2-3,6H2,1H3,(H,15,17). The molecule has 1 amide bonds. The summed E-state index contributed by atoms with van der Waals surface area (Å²) < 4.78 is 18.5. The number of ether oxygens (including phenoxy) is 1. The largest absolute Gasteiger partial charge is 0.497 e. The van der Waals surface area contributed by atoms with Gasteiger partial charge in [0.15, 0.2) is 0 Å². The van der Waals surface area contributed by atoms with E-state index in [0.717, 1.165) is 18.9 Å². The van der Waals surface area contributed by atoms with E-state index in [-0.39, 0.29) is 29.9 Å². The highest BCUT2D eigenvalue weighted by Crippen LogP contribution is 2.32. The third kappa shape index (κ3) is 3.34. The van der Waals surface area contributed by atoms with Crippen LogP contribution in [0, 0.1) is 15.9 Å². The van der Waals surface area contributed by atoms with Gasteiger partial charge in [-0.25, -0.2) is 0 Å². The molecular formula is C12H14FN3O4. The lowest BCUT2D eigenvalue weighted by Crippen LogP contribution is -2.31. The van der Waals surface area contributed by atoms with Crippen molar-refractivity contribution in [2.24, 2.45) is 0 Å². The van der Waals surface area contributed by atoms with E-state index in [1.165, 1.54) is 13.2 Å². The molecule has 0 aliphatic heterocycles. The van der Waals surface area contributed by atoms with Crippen LogP contribution in [0.15, 0.2) is 12.1 Å². The molecule has 0 bridgehead atoms. The Bertz CT molecular complexity index is 546. The highest BCUT2D eigenvalue weighted by Gasteiger charge is 2.25. The van der Waals surface area contributed by atoms with Crippen molar-refractivity contribution in [2.75, 3.05) is 19.0 Å². The molecule has 8 heteroatoms. The number of nitro benzene ring substituents is 1. The van der Waals surface area contributed by atoms with E-state index in [0.29, 0.717) is 0 Å². The van der Waals surface area contributed by atoms with Gasteiger partial charge >= 0.3 is 5.69 Å². The Morgan fingerprint density at radius 2 is 2.25 bits per heavy atom. The summed E-state index contributed by atoms with van der Waals surface area (Å²) in [5.74, 6) is -1.16. The van der Waals surface area contributed by atoms with Crippen molar-refractivity contribution < 1.29 is 18.8 Å². The van der Waals surface area contributed by atoms with Crippen molar-refractivity contribution in [3.63, 3.8) is 0 Å². The first-order valence-corrected chi connectivity index (χ1v) is 6.06. The van der Waals surface area contributed by atoms with Gasteiger partial charge in [-0.05, 0) is 12.8 Å². The van der Waals surface area contributed by atoms with Gasteiger partial charge in [0, 0.05) is 18.2 Å². The monoisotopic (exact) mass is 283 g/mol. The Hall–Kier alpha value is -2.38. The Balaban J connectivity index is 2.13. The fourth-order valence-electron chi connectivity index (χ4n) is 1.69. The lowest BCUT2D eigenvalue weighted by Gasteiger charge is -2.09. The average molecular weight is 283 g/mol. The molecule has 0 spiro atoms. The predicted octanol–water partition coefficient (Wildman–Crippen LogP) is 1.43. The molecule has 1 aliphatic rings. The van der Waals surface area contributed by atoms with E-state index >= 15 is 0 Å². The van der Waals surface area contributed by atoms with Crippen LogP contribution in [-0.4, -0.2) is 30.5 Å². The Labute approximate surface area is 114 Å². The maximum Gasteiger partial charge on any atom is 0.327 e. The minimum absolute atomic E-state index is 0.0854. The number of methoxy groups -OCH3 is 1. The SMILES string of the molecule is COc1cc(F)c([N+](=O)[O-])c(NCC(=O)NC2CC2)c1. The quantitative estimate of drug-likeness (QED) is 0.608. The normalized spacial score (nSPS) is 13.7. The Morgan fingerprint density at radius 1 is 1.55 bits per heavy atom. The van der Waals surface area contributed by atoms with Gasteiger partial charge in [-0.1, -0.05) is 0 Å². The van der Waals surface area contributed by atoms with Gasteiger partial charge in [0.05, 0.1) is 18.6 Å². The fourth-order valence-corrected chi connectivity index (χ4v) is 1.69. The summed E-state index contributed by atoms with van der Waals surface area (Å²) in [4.78, 5) is 21.5. The van der Waals surface area contributed by atoms with Crippen LogP contribution in [0.2, 0.25) is 0 Å². The topological polar surface area (TPSA) is 93.5 Å². The molecule has 7 nitrogen and oxygen atoms in total. The number of hydrogen-bond acceptors (Lipinski definition) is 5. The summed E-state index contributed by atoms with van der Waals surface area (Å²) in [6, 6.07) is 2.40. The second kappa shape index (κ2) is 5.72. The summed E-state index contributed by atoms with van der Waals surface area (Å²) in [6.45, 7) is -0.163. The van der Waals surface area contributed by atoms with Crippen molar-refractivity contribution in [3.05, 3.63) is 28.1 Å². The van der Waals surface area contributed by atoms with Crippen molar-refractivity contribution in [2.45, 2.75) is 18.9 Å². The van der Waals surface area contributed by atoms with Crippen molar-refractivity contribution in [1.29, 1.82) is 0 Å². The van der Waals surface area contributed by atoms with E-state index in [2.05, 4.69) is 10.6 Å². The number of hydrogen-bond donors (Lipinski definition) is 2. The molecule has 2 N–H and O–H groups in total. The summed E-state index contributed by atoms with van der Waals surface area (Å²) in [5, 5.41) is 16.1. The fraction of sp³-hybridized carbons (Fsp3) is 0.417. The second-order valence-corrected chi connectivity index (χ2v) is 4.46. The molecule has 0 saturated heterocycles. The van der Waals surface area contributed by atoms with Gasteiger partial charge in [0.25, 0.3) is 0 Å². The molecule has 2 rings (SSSR count). The maximum atomic E-state index is 13.6. The lowest BCUT2D eigenvalue weighted by atomic mass is 10.2. The van der Waals surface area contributed by atoms with E-state index < -0.39 is 16.4 Å². The molecule has 1 saturated carbocycles. The molecule has 1 fully saturated rings. The molecular weight excluding hydrogens is 269 g/mol. The number of halogens is 1. The number of nitro groups is 1. The summed E-state index contributed by atoms with van der Waals surface area (Å²) in [7, 11) is 1.32. The number of carbonyl (C=O) groups is 1. The number of benzene rings is 1. The zero-order chi connectivity index (χ0) is 14.7. The van der Waals surface area contributed by atoms with E-state index in [4.69, 9.17) is 4.74 Å². The lowest BCUT2D eigenvalue weighted by molar-refractivity contribution is -0.386. The van der Waals surface area contributed by atoms with Gasteiger partial charge in [0.2, 0.25) is 11.7 Å². The number of anilines is 1. The van der Waals surface area contributed by atoms with Crippen LogP contribution in [0.1, 0.15) is 12.8 Å². The zero-order valence-corrected chi connectivity index (χ0v) is 10.8. The van der Waals surface area contributed by atoms with Crippen LogP contribution in [0.5, 0.6) is 5.75 Å². The molecule has 0 atom stereocenters. The molecule has 0 unspecified atom stereocenters. The highest BCUT2D eigenvalue weighted by atomic mass is 19.1. The van der Waals surface area contributed by atoms with Crippen molar-refractivity contribution in [1.82, 2.24) is 5.32 Å². The first-order valence-electron chi connectivity index (χ1n) is 6.06. The Kier molecular flexibility index (Phi) is 4.02. The molecule has 20 heavy (non-hydrogen) atoms. The zero-order valence-electron chi connectivity index (χ0n) is 10.8. The number of carbonyl (C=O) groups excluding carboxylic acids is 1. The number of rotatable bonds is 6. The predicted molar refractivity (Wildman–Crippen MR) is 69.3 cm³/mol. The average Bonchev–Trinajstić information content (AvgIpc) is 3.18. The summed E-state index contributed by atoms with van der Waals surface area (Å²) in [5.41, 5.74) is -0.789. The summed E-state index contributed by atoms with van der Waals surface area (Å²) >= 11 is 0. The molecule has 1 aromatic rings. The molecule has 0 heterocycles. The molecule has 1 aliphatic carbocycles. The van der Waals surface area contributed by atoms with E-state index in [1.807, 2.05) is 0 Å². The minimum Gasteiger partial charge on any atom is -0.497 e. The Morgan fingerprint density at radius 3 is 2.80 bits per heavy atom. The molecule has 0 radical (unpaired) electrons. The minimum atomic E-state index is -1.01. The van der Waals surface area contributed by atoms with Gasteiger partial charge in [-0.15, -0.1) is 0 Å². The third-order valence-electron chi connectivity index (χ3n) is 2.84. The second-order valence-electron chi connectivity index (χ2n) is 4.46. The van der Waals surface area contributed by atoms with E-state index in [9.17, 15) is 19.3 Å². The first-order chi connectivity index (χ1) is 9.51. The smallest absolute Gasteiger partial charge is 0.327 e. The number of nitrogens with one attached hydrogen (secondary N) is 2. The summed E-state index contributed by atoms with van der Waals surface area (Å²) in [6.07, 6.45) is 1.89. The maximum absolute atomic E-state index is 13.6. The number of amides is 1. The first kappa shape index (κ1) is 14.0. The van der Waals surface area contributed by atoms with Crippen LogP contribution in [-0.2, 0) is 4.79 Å². The molecule has 1 aromatic carbocycles. The van der Waals surface area contributed by atoms with Gasteiger partial charge in [-0.3, -0.25) is 14.9 Å².